The van der Waals surface area contributed by atoms with Crippen LogP contribution < -0.4 is 10.1 Å². The first-order valence-electron chi connectivity index (χ1n) is 6.72. The van der Waals surface area contributed by atoms with Crippen molar-refractivity contribution >= 4 is 23.2 Å². The fourth-order valence-electron chi connectivity index (χ4n) is 1.88. The largest absolute Gasteiger partial charge is 0.506 e. The zero-order valence-corrected chi connectivity index (χ0v) is 13.0. The first-order valence-corrected chi connectivity index (χ1v) is 7.48. The molecule has 0 spiro atoms. The number of para-hydroxylation sites is 1. The van der Waals surface area contributed by atoms with Crippen LogP contribution in [0.5, 0.6) is 11.5 Å². The van der Waals surface area contributed by atoms with Gasteiger partial charge in [-0.1, -0.05) is 41.4 Å². The Balaban J connectivity index is 1.68. The molecule has 0 saturated heterocycles. The van der Waals surface area contributed by atoms with E-state index in [1.807, 2.05) is 30.3 Å². The van der Waals surface area contributed by atoms with Gasteiger partial charge in [0, 0.05) is 17.1 Å². The van der Waals surface area contributed by atoms with Gasteiger partial charge in [0.25, 0.3) is 0 Å². The van der Waals surface area contributed by atoms with Gasteiger partial charge in [0.15, 0.2) is 0 Å². The normalized spacial score (nSPS) is 10.6. The van der Waals surface area contributed by atoms with E-state index in [-0.39, 0.29) is 10.8 Å². The van der Waals surface area contributed by atoms with E-state index in [1.54, 1.807) is 6.07 Å². The van der Waals surface area contributed by atoms with Crippen LogP contribution in [0.25, 0.3) is 0 Å². The molecule has 0 aliphatic rings. The van der Waals surface area contributed by atoms with Crippen molar-refractivity contribution in [2.24, 2.45) is 0 Å². The number of aromatic hydroxyl groups is 1. The molecule has 0 atom stereocenters. The van der Waals surface area contributed by atoms with Crippen molar-refractivity contribution < 1.29 is 9.84 Å². The van der Waals surface area contributed by atoms with Gasteiger partial charge in [-0.2, -0.15) is 0 Å². The van der Waals surface area contributed by atoms with Gasteiger partial charge in [0.1, 0.15) is 11.5 Å². The summed E-state index contributed by atoms with van der Waals surface area (Å²) >= 11 is 11.8. The molecule has 0 radical (unpaired) electrons. The molecule has 2 aromatic rings. The molecule has 2 N–H and O–H groups in total. The summed E-state index contributed by atoms with van der Waals surface area (Å²) in [5.74, 6) is 0.950. The number of nitrogens with one attached hydrogen (secondary N) is 1. The summed E-state index contributed by atoms with van der Waals surface area (Å²) in [7, 11) is 0. The number of halogens is 2. The van der Waals surface area contributed by atoms with E-state index < -0.39 is 0 Å². The Morgan fingerprint density at radius 1 is 1.10 bits per heavy atom. The SMILES string of the molecule is Oc1c(Cl)cc(Cl)cc1CNCCCOc1ccccc1. The van der Waals surface area contributed by atoms with Crippen LogP contribution in [0, 0.1) is 0 Å². The molecule has 112 valence electrons. The number of benzene rings is 2. The van der Waals surface area contributed by atoms with Crippen molar-refractivity contribution in [2.75, 3.05) is 13.2 Å². The molecule has 0 amide bonds. The number of ether oxygens (including phenoxy) is 1. The summed E-state index contributed by atoms with van der Waals surface area (Å²) < 4.78 is 5.59. The van der Waals surface area contributed by atoms with Crippen molar-refractivity contribution in [1.82, 2.24) is 5.32 Å². The highest BCUT2D eigenvalue weighted by Gasteiger charge is 2.07. The second-order valence-electron chi connectivity index (χ2n) is 4.59. The Bertz CT molecular complexity index is 576. The average molecular weight is 326 g/mol. The number of phenols is 1. The number of hydrogen-bond acceptors (Lipinski definition) is 3. The zero-order chi connectivity index (χ0) is 15.1. The molecule has 0 bridgehead atoms. The molecule has 3 nitrogen and oxygen atoms in total. The lowest BCUT2D eigenvalue weighted by Gasteiger charge is -2.09. The summed E-state index contributed by atoms with van der Waals surface area (Å²) in [6.07, 6.45) is 0.865. The molecule has 0 aromatic heterocycles. The summed E-state index contributed by atoms with van der Waals surface area (Å²) in [6.45, 7) is 1.92. The molecule has 0 saturated carbocycles. The maximum atomic E-state index is 9.82. The second-order valence-corrected chi connectivity index (χ2v) is 5.43. The second kappa shape index (κ2) is 8.13. The predicted octanol–water partition coefficient (Wildman–Crippen LogP) is 4.26. The van der Waals surface area contributed by atoms with Crippen LogP contribution in [0.3, 0.4) is 0 Å². The molecule has 21 heavy (non-hydrogen) atoms. The number of rotatable bonds is 7. The van der Waals surface area contributed by atoms with Crippen LogP contribution in [0.15, 0.2) is 42.5 Å². The lowest BCUT2D eigenvalue weighted by molar-refractivity contribution is 0.308. The lowest BCUT2D eigenvalue weighted by Crippen LogP contribution is -2.17. The van der Waals surface area contributed by atoms with Gasteiger partial charge in [-0.3, -0.25) is 0 Å². The summed E-state index contributed by atoms with van der Waals surface area (Å²) in [5, 5.41) is 13.8. The van der Waals surface area contributed by atoms with Crippen molar-refractivity contribution in [3.05, 3.63) is 58.1 Å². The van der Waals surface area contributed by atoms with Gasteiger partial charge >= 0.3 is 0 Å². The summed E-state index contributed by atoms with van der Waals surface area (Å²) in [6, 6.07) is 12.9. The molecular formula is C16H17Cl2NO2. The van der Waals surface area contributed by atoms with Crippen LogP contribution in [0.4, 0.5) is 0 Å². The third-order valence-electron chi connectivity index (χ3n) is 2.93. The van der Waals surface area contributed by atoms with Crippen LogP contribution in [-0.2, 0) is 6.54 Å². The lowest BCUT2D eigenvalue weighted by atomic mass is 10.2. The highest BCUT2D eigenvalue weighted by molar-refractivity contribution is 6.35. The van der Waals surface area contributed by atoms with Crippen LogP contribution in [-0.4, -0.2) is 18.3 Å². The van der Waals surface area contributed by atoms with Gasteiger partial charge in [0.05, 0.1) is 11.6 Å². The molecule has 2 aromatic carbocycles. The van der Waals surface area contributed by atoms with Gasteiger partial charge < -0.3 is 15.2 Å². The van der Waals surface area contributed by atoms with E-state index in [0.717, 1.165) is 18.7 Å². The highest BCUT2D eigenvalue weighted by atomic mass is 35.5. The summed E-state index contributed by atoms with van der Waals surface area (Å²) in [4.78, 5) is 0. The molecular weight excluding hydrogens is 309 g/mol. The molecule has 0 aliphatic carbocycles. The van der Waals surface area contributed by atoms with Crippen LogP contribution in [0.1, 0.15) is 12.0 Å². The fourth-order valence-corrected chi connectivity index (χ4v) is 2.42. The monoisotopic (exact) mass is 325 g/mol. The van der Waals surface area contributed by atoms with E-state index in [0.29, 0.717) is 23.7 Å². The average Bonchev–Trinajstić information content (AvgIpc) is 2.48. The molecule has 5 heteroatoms. The molecule has 0 fully saturated rings. The van der Waals surface area contributed by atoms with Crippen molar-refractivity contribution in [1.29, 1.82) is 0 Å². The first-order chi connectivity index (χ1) is 10.2. The quantitative estimate of drug-likeness (QED) is 0.747. The van der Waals surface area contributed by atoms with E-state index in [4.69, 9.17) is 27.9 Å². The smallest absolute Gasteiger partial charge is 0.138 e. The topological polar surface area (TPSA) is 41.5 Å². The fraction of sp³-hybridized carbons (Fsp3) is 0.250. The molecule has 0 aliphatic heterocycles. The van der Waals surface area contributed by atoms with Gasteiger partial charge in [0.2, 0.25) is 0 Å². The standard InChI is InChI=1S/C16H17Cl2NO2/c17-13-9-12(16(20)15(18)10-13)11-19-7-4-8-21-14-5-2-1-3-6-14/h1-3,5-6,9-10,19-20H,4,7-8,11H2. The minimum Gasteiger partial charge on any atom is -0.506 e. The maximum Gasteiger partial charge on any atom is 0.138 e. The molecule has 0 heterocycles. The van der Waals surface area contributed by atoms with Crippen molar-refractivity contribution in [2.45, 2.75) is 13.0 Å². The van der Waals surface area contributed by atoms with E-state index >= 15 is 0 Å². The highest BCUT2D eigenvalue weighted by Crippen LogP contribution is 2.30. The van der Waals surface area contributed by atoms with Gasteiger partial charge in [-0.25, -0.2) is 0 Å². The Kier molecular flexibility index (Phi) is 6.18. The minimum absolute atomic E-state index is 0.0779. The van der Waals surface area contributed by atoms with E-state index in [9.17, 15) is 5.11 Å². The summed E-state index contributed by atoms with van der Waals surface area (Å²) in [5.41, 5.74) is 0.691. The van der Waals surface area contributed by atoms with Gasteiger partial charge in [-0.15, -0.1) is 0 Å². The number of phenolic OH excluding ortho intramolecular Hbond substituents is 1. The molecule has 2 rings (SSSR count). The molecule has 0 unspecified atom stereocenters. The number of hydrogen-bond donors (Lipinski definition) is 2. The van der Waals surface area contributed by atoms with Crippen LogP contribution >= 0.6 is 23.2 Å². The van der Waals surface area contributed by atoms with E-state index in [2.05, 4.69) is 5.32 Å². The van der Waals surface area contributed by atoms with Crippen molar-refractivity contribution in [3.63, 3.8) is 0 Å². The predicted molar refractivity (Wildman–Crippen MR) is 86.4 cm³/mol. The Labute approximate surface area is 134 Å². The Hall–Kier alpha value is -1.42. The van der Waals surface area contributed by atoms with Gasteiger partial charge in [-0.05, 0) is 37.2 Å². The van der Waals surface area contributed by atoms with Crippen molar-refractivity contribution in [3.8, 4) is 11.5 Å². The minimum atomic E-state index is 0.0779. The zero-order valence-electron chi connectivity index (χ0n) is 11.5. The van der Waals surface area contributed by atoms with Crippen LogP contribution in [0.2, 0.25) is 10.0 Å². The third kappa shape index (κ3) is 5.12. The Morgan fingerprint density at radius 3 is 2.62 bits per heavy atom. The maximum absolute atomic E-state index is 9.82. The third-order valence-corrected chi connectivity index (χ3v) is 3.44. The Morgan fingerprint density at radius 2 is 1.86 bits per heavy atom. The first kappa shape index (κ1) is 16.0. The van der Waals surface area contributed by atoms with E-state index in [1.165, 1.54) is 6.07 Å².